The number of rotatable bonds is 3. The van der Waals surface area contributed by atoms with Gasteiger partial charge in [0.2, 0.25) is 9.84 Å². The molecule has 0 fully saturated rings. The van der Waals surface area contributed by atoms with Crippen molar-refractivity contribution in [2.75, 3.05) is 0 Å². The quantitative estimate of drug-likeness (QED) is 0.640. The van der Waals surface area contributed by atoms with Crippen LogP contribution in [0, 0.1) is 18.3 Å². The normalized spacial score (nSPS) is 12.0. The molecule has 0 atom stereocenters. The molecule has 0 radical (unpaired) electrons. The van der Waals surface area contributed by atoms with Gasteiger partial charge in [-0.1, -0.05) is 40.2 Å². The zero-order valence-electron chi connectivity index (χ0n) is 11.5. The van der Waals surface area contributed by atoms with Gasteiger partial charge < -0.3 is 0 Å². The number of nitrogens with zero attached hydrogens (tertiary/aromatic N) is 1. The molecule has 3 nitrogen and oxygen atoms in total. The van der Waals surface area contributed by atoms with Crippen molar-refractivity contribution in [3.8, 4) is 6.07 Å². The molecule has 6 heteroatoms. The Kier molecular flexibility index (Phi) is 5.22. The van der Waals surface area contributed by atoms with Gasteiger partial charge in [-0.05, 0) is 58.3 Å². The molecular weight excluding hydrogens is 430 g/mol. The molecule has 0 aliphatic rings. The number of benzene rings is 2. The average Bonchev–Trinajstić information content (AvgIpc) is 2.48. The number of halogens is 2. The van der Waals surface area contributed by atoms with Crippen LogP contribution in [0.3, 0.4) is 0 Å². The molecule has 2 aromatic rings. The zero-order chi connectivity index (χ0) is 16.3. The first-order valence-electron chi connectivity index (χ1n) is 6.24. The summed E-state index contributed by atoms with van der Waals surface area (Å²) in [5.41, 5.74) is 1.60. The number of hydrogen-bond donors (Lipinski definition) is 0. The Labute approximate surface area is 146 Å². The maximum Gasteiger partial charge on any atom is 0.217 e. The molecule has 2 aromatic carbocycles. The van der Waals surface area contributed by atoms with Gasteiger partial charge in [0.05, 0.1) is 4.90 Å². The topological polar surface area (TPSA) is 57.9 Å². The Balaban J connectivity index is 2.63. The number of sulfone groups is 1. The predicted octanol–water partition coefficient (Wildman–Crippen LogP) is 4.86. The molecule has 0 N–H and O–H groups in total. The van der Waals surface area contributed by atoms with E-state index in [1.807, 2.05) is 19.1 Å². The third kappa shape index (κ3) is 3.49. The fourth-order valence-corrected chi connectivity index (χ4v) is 4.51. The van der Waals surface area contributed by atoms with Crippen molar-refractivity contribution in [1.29, 1.82) is 5.26 Å². The highest BCUT2D eigenvalue weighted by atomic mass is 79.9. The maximum atomic E-state index is 12.7. The minimum atomic E-state index is -3.90. The van der Waals surface area contributed by atoms with E-state index >= 15 is 0 Å². The summed E-state index contributed by atoms with van der Waals surface area (Å²) < 4.78 is 26.5. The third-order valence-corrected chi connectivity index (χ3v) is 6.21. The van der Waals surface area contributed by atoms with Crippen LogP contribution in [-0.2, 0) is 9.84 Å². The van der Waals surface area contributed by atoms with E-state index in [1.54, 1.807) is 30.3 Å². The largest absolute Gasteiger partial charge is 0.218 e. The fourth-order valence-electron chi connectivity index (χ4n) is 1.86. The summed E-state index contributed by atoms with van der Waals surface area (Å²) in [6.45, 7) is 1.86. The molecule has 0 aromatic heterocycles. The van der Waals surface area contributed by atoms with Gasteiger partial charge in [-0.2, -0.15) is 5.26 Å². The fraction of sp³-hybridized carbons (Fsp3) is 0.0625. The molecule has 0 amide bonds. The lowest BCUT2D eigenvalue weighted by Crippen LogP contribution is -2.05. The van der Waals surface area contributed by atoms with Crippen LogP contribution in [0.5, 0.6) is 0 Å². The third-order valence-electron chi connectivity index (χ3n) is 3.06. The van der Waals surface area contributed by atoms with Crippen LogP contribution >= 0.6 is 31.9 Å². The number of nitriles is 1. The Morgan fingerprint density at radius 2 is 1.86 bits per heavy atom. The molecule has 0 aliphatic carbocycles. The van der Waals surface area contributed by atoms with Crippen LogP contribution in [0.4, 0.5) is 0 Å². The van der Waals surface area contributed by atoms with Crippen molar-refractivity contribution in [2.45, 2.75) is 11.8 Å². The second-order valence-corrected chi connectivity index (χ2v) is 8.21. The first-order chi connectivity index (χ1) is 10.4. The standard InChI is InChI=1S/C16H11Br2NO2S/c1-11-4-2-3-5-12(11)8-14(10-19)22(20,21)16-9-13(17)6-7-15(16)18/h2-9H,1H3/b14-8+. The highest BCUT2D eigenvalue weighted by Gasteiger charge is 2.24. The molecule has 0 bridgehead atoms. The Bertz CT molecular complexity index is 897. The molecule has 22 heavy (non-hydrogen) atoms. The van der Waals surface area contributed by atoms with E-state index < -0.39 is 9.84 Å². The molecule has 2 rings (SSSR count). The van der Waals surface area contributed by atoms with Crippen molar-refractivity contribution in [3.63, 3.8) is 0 Å². The van der Waals surface area contributed by atoms with Gasteiger partial charge in [-0.15, -0.1) is 0 Å². The van der Waals surface area contributed by atoms with Gasteiger partial charge in [0.15, 0.2) is 0 Å². The summed E-state index contributed by atoms with van der Waals surface area (Å²) in [4.78, 5) is -0.233. The molecule has 0 spiro atoms. The Morgan fingerprint density at radius 3 is 2.50 bits per heavy atom. The second kappa shape index (κ2) is 6.78. The van der Waals surface area contributed by atoms with Crippen LogP contribution < -0.4 is 0 Å². The van der Waals surface area contributed by atoms with E-state index in [-0.39, 0.29) is 9.80 Å². The number of allylic oxidation sites excluding steroid dienone is 1. The molecular formula is C16H11Br2NO2S. The maximum absolute atomic E-state index is 12.7. The average molecular weight is 441 g/mol. The van der Waals surface area contributed by atoms with E-state index in [1.165, 1.54) is 12.1 Å². The van der Waals surface area contributed by atoms with E-state index in [2.05, 4.69) is 31.9 Å². The first-order valence-corrected chi connectivity index (χ1v) is 9.31. The predicted molar refractivity (Wildman–Crippen MR) is 93.8 cm³/mol. The number of hydrogen-bond acceptors (Lipinski definition) is 3. The van der Waals surface area contributed by atoms with Crippen LogP contribution in [-0.4, -0.2) is 8.42 Å². The summed E-state index contributed by atoms with van der Waals surface area (Å²) in [6, 6.07) is 13.9. The minimum Gasteiger partial charge on any atom is -0.218 e. The van der Waals surface area contributed by atoms with E-state index in [0.29, 0.717) is 14.5 Å². The summed E-state index contributed by atoms with van der Waals surface area (Å²) in [5, 5.41) is 9.31. The first kappa shape index (κ1) is 16.9. The van der Waals surface area contributed by atoms with Crippen molar-refractivity contribution >= 4 is 47.8 Å². The molecule has 0 aliphatic heterocycles. The van der Waals surface area contributed by atoms with E-state index in [4.69, 9.17) is 0 Å². The van der Waals surface area contributed by atoms with Crippen LogP contribution in [0.25, 0.3) is 6.08 Å². The summed E-state index contributed by atoms with van der Waals surface area (Å²) in [6.07, 6.45) is 1.40. The van der Waals surface area contributed by atoms with Gasteiger partial charge in [0.1, 0.15) is 11.0 Å². The summed E-state index contributed by atoms with van der Waals surface area (Å²) in [7, 11) is -3.90. The molecule has 0 saturated heterocycles. The minimum absolute atomic E-state index is 0.0586. The van der Waals surface area contributed by atoms with Crippen molar-refractivity contribution < 1.29 is 8.42 Å². The lowest BCUT2D eigenvalue weighted by atomic mass is 10.1. The van der Waals surface area contributed by atoms with E-state index in [9.17, 15) is 13.7 Å². The molecule has 0 unspecified atom stereocenters. The Hall–Kier alpha value is -1.42. The van der Waals surface area contributed by atoms with Crippen molar-refractivity contribution in [1.82, 2.24) is 0 Å². The lowest BCUT2D eigenvalue weighted by molar-refractivity contribution is 0.603. The Morgan fingerprint density at radius 1 is 1.18 bits per heavy atom. The lowest BCUT2D eigenvalue weighted by Gasteiger charge is -2.07. The van der Waals surface area contributed by atoms with Crippen molar-refractivity contribution in [2.24, 2.45) is 0 Å². The molecule has 0 heterocycles. The monoisotopic (exact) mass is 439 g/mol. The van der Waals surface area contributed by atoms with E-state index in [0.717, 1.165) is 5.56 Å². The molecule has 0 saturated carbocycles. The van der Waals surface area contributed by atoms with Crippen LogP contribution in [0.15, 0.2) is 61.2 Å². The van der Waals surface area contributed by atoms with Gasteiger partial charge in [-0.3, -0.25) is 0 Å². The smallest absolute Gasteiger partial charge is 0.217 e. The SMILES string of the molecule is Cc1ccccc1/C=C(\C#N)S(=O)(=O)c1cc(Br)ccc1Br. The highest BCUT2D eigenvalue weighted by Crippen LogP contribution is 2.30. The van der Waals surface area contributed by atoms with Gasteiger partial charge in [0.25, 0.3) is 0 Å². The van der Waals surface area contributed by atoms with Crippen LogP contribution in [0.1, 0.15) is 11.1 Å². The molecule has 112 valence electrons. The van der Waals surface area contributed by atoms with Gasteiger partial charge >= 0.3 is 0 Å². The summed E-state index contributed by atoms with van der Waals surface area (Å²) in [5.74, 6) is 0. The van der Waals surface area contributed by atoms with Gasteiger partial charge in [0, 0.05) is 8.95 Å². The van der Waals surface area contributed by atoms with Crippen LogP contribution in [0.2, 0.25) is 0 Å². The number of aryl methyl sites for hydroxylation is 1. The highest BCUT2D eigenvalue weighted by molar-refractivity contribution is 9.11. The van der Waals surface area contributed by atoms with Crippen molar-refractivity contribution in [3.05, 3.63) is 67.4 Å². The van der Waals surface area contributed by atoms with Gasteiger partial charge in [-0.25, -0.2) is 8.42 Å². The second-order valence-electron chi connectivity index (χ2n) is 4.56. The zero-order valence-corrected chi connectivity index (χ0v) is 15.5. The summed E-state index contributed by atoms with van der Waals surface area (Å²) >= 11 is 6.48.